The number of amides is 1. The molecule has 0 saturated carbocycles. The van der Waals surface area contributed by atoms with Crippen molar-refractivity contribution in [2.45, 2.75) is 26.4 Å². The molecule has 27 heavy (non-hydrogen) atoms. The Kier molecular flexibility index (Phi) is 3.50. The van der Waals surface area contributed by atoms with Crippen molar-refractivity contribution >= 4 is 28.5 Å². The van der Waals surface area contributed by atoms with Gasteiger partial charge in [-0.25, -0.2) is 4.98 Å². The number of hydrogen-bond acceptors (Lipinski definition) is 8. The first-order chi connectivity index (χ1) is 13.1. The van der Waals surface area contributed by atoms with Gasteiger partial charge in [0.1, 0.15) is 16.9 Å². The Balaban J connectivity index is 1.46. The van der Waals surface area contributed by atoms with Gasteiger partial charge in [-0.2, -0.15) is 19.8 Å². The fourth-order valence-corrected chi connectivity index (χ4v) is 4.01. The second-order valence-corrected chi connectivity index (χ2v) is 7.13. The SMILES string of the molecule is Cc1nsc(-c2nnc3n2CCN(C(=O)c2ccc4n[nH]nc4c2)[C@@H]3C)n1. The fraction of sp³-hybridized carbons (Fsp3) is 0.312. The first kappa shape index (κ1) is 16.0. The minimum Gasteiger partial charge on any atom is -0.327 e. The lowest BCUT2D eigenvalue weighted by Crippen LogP contribution is -2.41. The van der Waals surface area contributed by atoms with E-state index in [4.69, 9.17) is 0 Å². The highest BCUT2D eigenvalue weighted by Crippen LogP contribution is 2.30. The van der Waals surface area contributed by atoms with Crippen molar-refractivity contribution in [2.24, 2.45) is 0 Å². The van der Waals surface area contributed by atoms with E-state index in [1.54, 1.807) is 23.1 Å². The van der Waals surface area contributed by atoms with Crippen LogP contribution >= 0.6 is 11.5 Å². The number of nitrogens with one attached hydrogen (secondary N) is 1. The molecule has 5 rings (SSSR count). The van der Waals surface area contributed by atoms with E-state index in [2.05, 4.69) is 35.0 Å². The Labute approximate surface area is 157 Å². The van der Waals surface area contributed by atoms with Gasteiger partial charge in [-0.05, 0) is 43.6 Å². The number of carbonyl (C=O) groups excluding carboxylic acids is 1. The zero-order valence-corrected chi connectivity index (χ0v) is 15.4. The molecule has 136 valence electrons. The first-order valence-corrected chi connectivity index (χ1v) is 9.24. The lowest BCUT2D eigenvalue weighted by molar-refractivity contribution is 0.0638. The van der Waals surface area contributed by atoms with Gasteiger partial charge in [-0.1, -0.05) is 0 Å². The summed E-state index contributed by atoms with van der Waals surface area (Å²) in [4.78, 5) is 19.3. The zero-order chi connectivity index (χ0) is 18.5. The molecule has 4 aromatic rings. The highest BCUT2D eigenvalue weighted by molar-refractivity contribution is 7.09. The minimum absolute atomic E-state index is 0.0602. The van der Waals surface area contributed by atoms with Crippen molar-refractivity contribution < 1.29 is 4.79 Å². The number of carbonyl (C=O) groups is 1. The Morgan fingerprint density at radius 1 is 1.22 bits per heavy atom. The van der Waals surface area contributed by atoms with Crippen molar-refractivity contribution in [3.63, 3.8) is 0 Å². The molecule has 11 heteroatoms. The Morgan fingerprint density at radius 3 is 2.89 bits per heavy atom. The van der Waals surface area contributed by atoms with Gasteiger partial charge in [0.2, 0.25) is 0 Å². The fourth-order valence-electron chi connectivity index (χ4n) is 3.35. The molecule has 1 amide bonds. The van der Waals surface area contributed by atoms with E-state index < -0.39 is 0 Å². The molecule has 4 heterocycles. The number of benzene rings is 1. The summed E-state index contributed by atoms with van der Waals surface area (Å²) in [6.45, 7) is 4.98. The Hall–Kier alpha value is -3.21. The number of H-pyrrole nitrogens is 1. The number of aryl methyl sites for hydroxylation is 1. The Bertz CT molecular complexity index is 1160. The molecule has 0 radical (unpaired) electrons. The third-order valence-electron chi connectivity index (χ3n) is 4.73. The van der Waals surface area contributed by atoms with Gasteiger partial charge in [0.25, 0.3) is 5.91 Å². The van der Waals surface area contributed by atoms with E-state index in [-0.39, 0.29) is 11.9 Å². The molecule has 1 N–H and O–H groups in total. The molecule has 1 atom stereocenters. The summed E-state index contributed by atoms with van der Waals surface area (Å²) in [6.07, 6.45) is 0. The van der Waals surface area contributed by atoms with Crippen LogP contribution in [0.4, 0.5) is 0 Å². The van der Waals surface area contributed by atoms with Gasteiger partial charge in [0.05, 0.1) is 6.04 Å². The number of fused-ring (bicyclic) bond motifs is 2. The smallest absolute Gasteiger partial charge is 0.254 e. The predicted octanol–water partition coefficient (Wildman–Crippen LogP) is 1.59. The van der Waals surface area contributed by atoms with Gasteiger partial charge < -0.3 is 9.47 Å². The van der Waals surface area contributed by atoms with Crippen LogP contribution in [0.15, 0.2) is 18.2 Å². The van der Waals surface area contributed by atoms with E-state index in [0.29, 0.717) is 30.0 Å². The van der Waals surface area contributed by atoms with Crippen molar-refractivity contribution in [3.8, 4) is 10.8 Å². The van der Waals surface area contributed by atoms with Crippen LogP contribution in [0.2, 0.25) is 0 Å². The maximum absolute atomic E-state index is 13.1. The van der Waals surface area contributed by atoms with E-state index in [0.717, 1.165) is 22.2 Å². The lowest BCUT2D eigenvalue weighted by atomic mass is 10.1. The highest BCUT2D eigenvalue weighted by atomic mass is 32.1. The lowest BCUT2D eigenvalue weighted by Gasteiger charge is -2.33. The average molecular weight is 381 g/mol. The van der Waals surface area contributed by atoms with Gasteiger partial charge in [-0.3, -0.25) is 4.79 Å². The molecule has 3 aromatic heterocycles. The molecule has 1 aromatic carbocycles. The summed E-state index contributed by atoms with van der Waals surface area (Å²) in [7, 11) is 0. The predicted molar refractivity (Wildman–Crippen MR) is 97.0 cm³/mol. The summed E-state index contributed by atoms with van der Waals surface area (Å²) in [5.74, 6) is 2.12. The van der Waals surface area contributed by atoms with Crippen LogP contribution in [0.3, 0.4) is 0 Å². The van der Waals surface area contributed by atoms with E-state index in [1.807, 2.05) is 18.4 Å². The summed E-state index contributed by atoms with van der Waals surface area (Å²) < 4.78 is 6.24. The number of hydrogen-bond donors (Lipinski definition) is 1. The second-order valence-electron chi connectivity index (χ2n) is 6.38. The number of nitrogens with zero attached hydrogens (tertiary/aromatic N) is 8. The Morgan fingerprint density at radius 2 is 2.07 bits per heavy atom. The minimum atomic E-state index is -0.200. The highest BCUT2D eigenvalue weighted by Gasteiger charge is 2.32. The second kappa shape index (κ2) is 5.91. The van der Waals surface area contributed by atoms with Crippen LogP contribution in [0.25, 0.3) is 21.9 Å². The summed E-state index contributed by atoms with van der Waals surface area (Å²) in [5, 5.41) is 20.0. The van der Waals surface area contributed by atoms with Crippen molar-refractivity contribution in [3.05, 3.63) is 35.4 Å². The third-order valence-corrected chi connectivity index (χ3v) is 5.53. The van der Waals surface area contributed by atoms with Crippen LogP contribution in [-0.2, 0) is 6.54 Å². The van der Waals surface area contributed by atoms with Crippen molar-refractivity contribution in [1.82, 2.24) is 44.4 Å². The molecular weight excluding hydrogens is 366 g/mol. The molecule has 0 fully saturated rings. The van der Waals surface area contributed by atoms with Crippen molar-refractivity contribution in [1.29, 1.82) is 0 Å². The van der Waals surface area contributed by atoms with E-state index in [1.165, 1.54) is 11.5 Å². The standard InChI is InChI=1S/C16H15N9OS/c1-8-13-20-21-14(15-17-9(2)22-27-15)25(13)6-5-24(8)16(26)10-3-4-11-12(7-10)19-23-18-11/h3-4,7-8H,5-6H2,1-2H3,(H,18,19,23)/t8-/m1/s1. The normalized spacial score (nSPS) is 16.7. The van der Waals surface area contributed by atoms with Crippen LogP contribution < -0.4 is 0 Å². The van der Waals surface area contributed by atoms with Gasteiger partial charge >= 0.3 is 0 Å². The van der Waals surface area contributed by atoms with E-state index >= 15 is 0 Å². The molecule has 0 unspecified atom stereocenters. The average Bonchev–Trinajstić information content (AvgIpc) is 3.39. The van der Waals surface area contributed by atoms with E-state index in [9.17, 15) is 4.79 Å². The monoisotopic (exact) mass is 381 g/mol. The molecule has 1 aliphatic rings. The third kappa shape index (κ3) is 2.50. The largest absolute Gasteiger partial charge is 0.327 e. The van der Waals surface area contributed by atoms with Gasteiger partial charge in [0, 0.05) is 18.7 Å². The summed E-state index contributed by atoms with van der Waals surface area (Å²) >= 11 is 1.31. The quantitative estimate of drug-likeness (QED) is 0.560. The van der Waals surface area contributed by atoms with Crippen LogP contribution in [0.5, 0.6) is 0 Å². The maximum atomic E-state index is 13.1. The first-order valence-electron chi connectivity index (χ1n) is 8.47. The van der Waals surface area contributed by atoms with Crippen LogP contribution in [0.1, 0.15) is 35.0 Å². The van der Waals surface area contributed by atoms with Crippen LogP contribution in [-0.4, -0.2) is 56.9 Å². The maximum Gasteiger partial charge on any atom is 0.254 e. The molecule has 0 spiro atoms. The van der Waals surface area contributed by atoms with Crippen molar-refractivity contribution in [2.75, 3.05) is 6.54 Å². The van der Waals surface area contributed by atoms with Gasteiger partial charge in [0.15, 0.2) is 16.7 Å². The molecule has 0 saturated heterocycles. The molecule has 0 aliphatic carbocycles. The summed E-state index contributed by atoms with van der Waals surface area (Å²) in [6, 6.07) is 5.12. The molecule has 1 aliphatic heterocycles. The van der Waals surface area contributed by atoms with Crippen LogP contribution in [0, 0.1) is 6.92 Å². The summed E-state index contributed by atoms with van der Waals surface area (Å²) in [5.41, 5.74) is 1.98. The topological polar surface area (TPSA) is 118 Å². The number of aromatic nitrogens is 8. The van der Waals surface area contributed by atoms with Gasteiger partial charge in [-0.15, -0.1) is 10.2 Å². The number of rotatable bonds is 2. The molecule has 0 bridgehead atoms. The zero-order valence-electron chi connectivity index (χ0n) is 14.6. The molecule has 10 nitrogen and oxygen atoms in total. The number of aromatic amines is 1. The molecular formula is C16H15N9OS.